The highest BCUT2D eigenvalue weighted by Gasteiger charge is 2.41. The van der Waals surface area contributed by atoms with Crippen LogP contribution in [0.15, 0.2) is 48.0 Å². The number of likely N-dealkylation sites (N-methyl/N-ethyl adjacent to an activating group) is 1. The highest BCUT2D eigenvalue weighted by molar-refractivity contribution is 6.08. The molecule has 0 bridgehead atoms. The molecule has 1 saturated heterocycles. The van der Waals surface area contributed by atoms with Crippen molar-refractivity contribution < 1.29 is 13.6 Å². The zero-order valence-electron chi connectivity index (χ0n) is 27.2. The number of halogens is 2. The minimum absolute atomic E-state index is 0.0750. The zero-order chi connectivity index (χ0) is 33.5. The molecule has 1 amide bonds. The topological polar surface area (TPSA) is 103 Å². The van der Waals surface area contributed by atoms with Gasteiger partial charge in [0.2, 0.25) is 5.91 Å². The number of hydrogen-bond acceptors (Lipinski definition) is 7. The lowest BCUT2D eigenvalue weighted by Crippen LogP contribution is -2.61. The molecule has 2 aliphatic heterocycles. The molecule has 1 fully saturated rings. The molecule has 3 aromatic heterocycles. The van der Waals surface area contributed by atoms with Crippen molar-refractivity contribution in [1.82, 2.24) is 29.6 Å². The number of amides is 1. The summed E-state index contributed by atoms with van der Waals surface area (Å²) < 4.78 is 36.4. The largest absolute Gasteiger partial charge is 0.369 e. The van der Waals surface area contributed by atoms with Crippen LogP contribution in [-0.4, -0.2) is 74.3 Å². The third-order valence-corrected chi connectivity index (χ3v) is 9.61. The molecule has 0 radical (unpaired) electrons. The molecular weight excluding hydrogens is 602 g/mol. The molecule has 2 unspecified atom stereocenters. The van der Waals surface area contributed by atoms with Gasteiger partial charge < -0.3 is 14.7 Å². The summed E-state index contributed by atoms with van der Waals surface area (Å²) in [5, 5.41) is 7.81. The quantitative estimate of drug-likeness (QED) is 0.264. The summed E-state index contributed by atoms with van der Waals surface area (Å²) in [6.07, 6.45) is 4.50. The lowest BCUT2D eigenvalue weighted by molar-refractivity contribution is -0.128. The number of hydrogen-bond donors (Lipinski definition) is 1. The number of benzene rings is 2. The fraction of sp³-hybridized carbons (Fsp3) is 0.343. The van der Waals surface area contributed by atoms with Crippen molar-refractivity contribution in [2.24, 2.45) is 0 Å². The van der Waals surface area contributed by atoms with E-state index in [-0.39, 0.29) is 58.4 Å². The molecule has 0 saturated carbocycles. The first-order chi connectivity index (χ1) is 22.4. The number of nitrogens with one attached hydrogen (secondary N) is 1. The van der Waals surface area contributed by atoms with Crippen LogP contribution in [0.5, 0.6) is 0 Å². The van der Waals surface area contributed by atoms with Gasteiger partial charge in [0.25, 0.3) is 0 Å². The van der Waals surface area contributed by atoms with E-state index in [2.05, 4.69) is 26.7 Å². The fourth-order valence-corrected chi connectivity index (χ4v) is 7.40. The Hall–Kier alpha value is -5.13. The smallest absolute Gasteiger partial charge is 0.354 e. The minimum atomic E-state index is -0.878. The lowest BCUT2D eigenvalue weighted by Gasteiger charge is -2.45. The number of aryl methyl sites for hydroxylation is 2. The van der Waals surface area contributed by atoms with Crippen LogP contribution in [0.1, 0.15) is 43.5 Å². The van der Waals surface area contributed by atoms with Crippen molar-refractivity contribution in [3.63, 3.8) is 0 Å². The maximum Gasteiger partial charge on any atom is 0.354 e. The average molecular weight is 639 g/mol. The number of nitrogens with zero attached hydrogens (tertiary/aromatic N) is 7. The molecule has 242 valence electrons. The molecule has 2 atom stereocenters. The van der Waals surface area contributed by atoms with Crippen molar-refractivity contribution in [2.75, 3.05) is 36.5 Å². The number of anilines is 2. The van der Waals surface area contributed by atoms with E-state index in [1.54, 1.807) is 48.3 Å². The average Bonchev–Trinajstić information content (AvgIpc) is 3.47. The molecule has 0 aliphatic carbocycles. The number of piperazine rings is 1. The summed E-state index contributed by atoms with van der Waals surface area (Å²) in [5.74, 6) is -1.78. The summed E-state index contributed by atoms with van der Waals surface area (Å²) in [6.45, 7) is 14.0. The highest BCUT2D eigenvalue weighted by Crippen LogP contribution is 2.47. The summed E-state index contributed by atoms with van der Waals surface area (Å²) in [5.41, 5.74) is 2.43. The van der Waals surface area contributed by atoms with Gasteiger partial charge in [-0.05, 0) is 56.0 Å². The number of pyridine rings is 1. The Kier molecular flexibility index (Phi) is 7.14. The first-order valence-electron chi connectivity index (χ1n) is 15.7. The van der Waals surface area contributed by atoms with E-state index in [1.807, 2.05) is 38.7 Å². The Morgan fingerprint density at radius 1 is 1.06 bits per heavy atom. The molecular formula is C35H36F2N8O2. The number of carbonyl (C=O) groups is 1. The molecule has 5 aromatic rings. The fourth-order valence-electron chi connectivity index (χ4n) is 7.40. The third-order valence-electron chi connectivity index (χ3n) is 9.61. The van der Waals surface area contributed by atoms with E-state index in [0.29, 0.717) is 52.1 Å². The van der Waals surface area contributed by atoms with Crippen molar-refractivity contribution in [2.45, 2.75) is 52.6 Å². The van der Waals surface area contributed by atoms with Gasteiger partial charge in [0, 0.05) is 49.9 Å². The number of aromatic nitrogens is 5. The number of aromatic amines is 1. The molecule has 1 N–H and O–H groups in total. The summed E-state index contributed by atoms with van der Waals surface area (Å²) in [6, 6.07) is 4.74. The first kappa shape index (κ1) is 30.5. The molecule has 47 heavy (non-hydrogen) atoms. The molecule has 0 spiro atoms. The van der Waals surface area contributed by atoms with Gasteiger partial charge >= 0.3 is 5.69 Å². The van der Waals surface area contributed by atoms with Crippen molar-refractivity contribution in [1.29, 1.82) is 0 Å². The van der Waals surface area contributed by atoms with Crippen LogP contribution < -0.4 is 15.5 Å². The summed E-state index contributed by atoms with van der Waals surface area (Å²) in [7, 11) is 1.75. The molecule has 5 heterocycles. The third kappa shape index (κ3) is 4.44. The zero-order valence-corrected chi connectivity index (χ0v) is 27.2. The van der Waals surface area contributed by atoms with Gasteiger partial charge in [0.1, 0.15) is 11.3 Å². The van der Waals surface area contributed by atoms with E-state index in [0.717, 1.165) is 0 Å². The van der Waals surface area contributed by atoms with Crippen LogP contribution in [0.4, 0.5) is 20.3 Å². The maximum absolute atomic E-state index is 17.7. The molecule has 10 nitrogen and oxygen atoms in total. The molecule has 12 heteroatoms. The number of H-pyrrole nitrogens is 1. The van der Waals surface area contributed by atoms with Gasteiger partial charge in [-0.15, -0.1) is 0 Å². The Balaban J connectivity index is 1.66. The number of rotatable bonds is 4. The van der Waals surface area contributed by atoms with Crippen molar-refractivity contribution >= 4 is 39.2 Å². The second-order valence-electron chi connectivity index (χ2n) is 13.0. The lowest BCUT2D eigenvalue weighted by atomic mass is 9.93. The summed E-state index contributed by atoms with van der Waals surface area (Å²) >= 11 is 0. The highest BCUT2D eigenvalue weighted by atomic mass is 19.1. The van der Waals surface area contributed by atoms with E-state index in [4.69, 9.17) is 0 Å². The van der Waals surface area contributed by atoms with Crippen LogP contribution in [0.2, 0.25) is 0 Å². The van der Waals surface area contributed by atoms with Crippen LogP contribution >= 0.6 is 0 Å². The maximum atomic E-state index is 17.7. The molecule has 2 aliphatic rings. The van der Waals surface area contributed by atoms with Gasteiger partial charge in [0.05, 0.1) is 45.8 Å². The van der Waals surface area contributed by atoms with Gasteiger partial charge in [-0.3, -0.25) is 19.4 Å². The Labute approximate surface area is 270 Å². The van der Waals surface area contributed by atoms with E-state index >= 15 is 8.78 Å². The minimum Gasteiger partial charge on any atom is -0.369 e. The Bertz CT molecular complexity index is 2190. The van der Waals surface area contributed by atoms with E-state index < -0.39 is 17.3 Å². The number of carbonyl (C=O) groups excluding carboxylic acids is 1. The van der Waals surface area contributed by atoms with Crippen molar-refractivity contribution in [3.05, 3.63) is 82.2 Å². The van der Waals surface area contributed by atoms with Gasteiger partial charge in [0.15, 0.2) is 11.6 Å². The van der Waals surface area contributed by atoms with Gasteiger partial charge in [-0.25, -0.2) is 13.6 Å². The van der Waals surface area contributed by atoms with E-state index in [1.165, 1.54) is 10.6 Å². The predicted molar refractivity (Wildman–Crippen MR) is 179 cm³/mol. The van der Waals surface area contributed by atoms with Crippen LogP contribution in [0.3, 0.4) is 0 Å². The van der Waals surface area contributed by atoms with Crippen LogP contribution in [0.25, 0.3) is 38.6 Å². The Morgan fingerprint density at radius 2 is 1.83 bits per heavy atom. The monoisotopic (exact) mass is 638 g/mol. The normalized spacial score (nSPS) is 17.9. The number of fused-ring (bicyclic) bond motifs is 3. The SMILES string of the molecule is C=CC(=O)N1CC2CN(C)c3c(F)c(-c4c(C)ccc5[nH]ncc45)c(F)c4c3c(nc(=O)n4-c3c(C)ccnc3C(C)C)N2CC1C. The standard InChI is InChI=1S/C35H36F2N8O2/c1-8-24(46)43-16-21-15-42(7)32-27-33(29(37)26(28(32)36)25-18(4)9-10-23-22(25)13-39-41-23)45(31-19(5)11-12-38-30(31)17(2)3)35(47)40-34(27)44(21)14-20(43)6/h8-13,17,20-21H,1,14-16H2,2-7H3,(H,39,41). The second-order valence-corrected chi connectivity index (χ2v) is 13.0. The van der Waals surface area contributed by atoms with Crippen molar-refractivity contribution in [3.8, 4) is 16.8 Å². The summed E-state index contributed by atoms with van der Waals surface area (Å²) in [4.78, 5) is 41.8. The predicted octanol–water partition coefficient (Wildman–Crippen LogP) is 5.38. The van der Waals surface area contributed by atoms with Gasteiger partial charge in [-0.2, -0.15) is 10.1 Å². The second kappa shape index (κ2) is 11.0. The van der Waals surface area contributed by atoms with Crippen LogP contribution in [0, 0.1) is 25.5 Å². The first-order valence-corrected chi connectivity index (χ1v) is 15.7. The van der Waals surface area contributed by atoms with Crippen LogP contribution in [-0.2, 0) is 4.79 Å². The Morgan fingerprint density at radius 3 is 2.55 bits per heavy atom. The molecule has 2 aromatic carbocycles. The molecule has 7 rings (SSSR count). The van der Waals surface area contributed by atoms with E-state index in [9.17, 15) is 9.59 Å². The van der Waals surface area contributed by atoms with Gasteiger partial charge in [-0.1, -0.05) is 26.5 Å².